The lowest BCUT2D eigenvalue weighted by Crippen LogP contribution is -2.16. The van der Waals surface area contributed by atoms with Crippen molar-refractivity contribution < 1.29 is 0 Å². The number of thioether (sulfide) groups is 1. The number of aromatic nitrogens is 2. The molecule has 0 aliphatic heterocycles. The third-order valence-corrected chi connectivity index (χ3v) is 4.23. The Bertz CT molecular complexity index is 334. The summed E-state index contributed by atoms with van der Waals surface area (Å²) in [4.78, 5) is 8.20. The van der Waals surface area contributed by atoms with Gasteiger partial charge in [0.15, 0.2) is 0 Å². The highest BCUT2D eigenvalue weighted by atomic mass is 79.9. The van der Waals surface area contributed by atoms with E-state index in [-0.39, 0.29) is 0 Å². The molecule has 0 spiro atoms. The molecule has 3 nitrogen and oxygen atoms in total. The second-order valence-corrected chi connectivity index (χ2v) is 5.69. The Morgan fingerprint density at radius 2 is 2.33 bits per heavy atom. The maximum atomic E-state index is 4.19. The molecule has 1 aliphatic rings. The lowest BCUT2D eigenvalue weighted by molar-refractivity contribution is 0.751. The van der Waals surface area contributed by atoms with Gasteiger partial charge in [-0.2, -0.15) is 11.8 Å². The number of halogens is 1. The molecule has 0 saturated heterocycles. The van der Waals surface area contributed by atoms with Crippen LogP contribution in [0.2, 0.25) is 0 Å². The van der Waals surface area contributed by atoms with Gasteiger partial charge in [0.2, 0.25) is 0 Å². The van der Waals surface area contributed by atoms with Crippen LogP contribution in [0.15, 0.2) is 17.0 Å². The van der Waals surface area contributed by atoms with E-state index in [4.69, 9.17) is 0 Å². The zero-order chi connectivity index (χ0) is 10.7. The third kappa shape index (κ3) is 3.08. The van der Waals surface area contributed by atoms with Crippen LogP contribution in [0, 0.1) is 0 Å². The minimum absolute atomic E-state index is 0.573. The van der Waals surface area contributed by atoms with Crippen molar-refractivity contribution in [2.45, 2.75) is 30.6 Å². The van der Waals surface area contributed by atoms with Gasteiger partial charge >= 0.3 is 0 Å². The van der Waals surface area contributed by atoms with Crippen molar-refractivity contribution in [2.24, 2.45) is 0 Å². The summed E-state index contributed by atoms with van der Waals surface area (Å²) in [6.45, 7) is 0. The summed E-state index contributed by atoms with van der Waals surface area (Å²) in [6.07, 6.45) is 7.56. The van der Waals surface area contributed by atoms with Gasteiger partial charge in [0.05, 0.1) is 0 Å². The predicted octanol–water partition coefficient (Wildman–Crippen LogP) is 2.94. The van der Waals surface area contributed by atoms with E-state index in [0.717, 1.165) is 15.7 Å². The third-order valence-electron chi connectivity index (χ3n) is 2.70. The Labute approximate surface area is 103 Å². The Hall–Kier alpha value is -0.290. The largest absolute Gasteiger partial charge is 0.367 e. The van der Waals surface area contributed by atoms with Crippen molar-refractivity contribution in [3.63, 3.8) is 0 Å². The molecule has 1 N–H and O–H groups in total. The van der Waals surface area contributed by atoms with Gasteiger partial charge in [0, 0.05) is 17.4 Å². The van der Waals surface area contributed by atoms with Crippen LogP contribution in [0.4, 0.5) is 5.82 Å². The monoisotopic (exact) mass is 287 g/mol. The molecule has 1 heterocycles. The fourth-order valence-corrected chi connectivity index (χ4v) is 3.01. The van der Waals surface area contributed by atoms with Crippen LogP contribution in [0.5, 0.6) is 0 Å². The van der Waals surface area contributed by atoms with E-state index in [2.05, 4.69) is 37.5 Å². The fraction of sp³-hybridized carbons (Fsp3) is 0.600. The topological polar surface area (TPSA) is 37.8 Å². The summed E-state index contributed by atoms with van der Waals surface area (Å²) < 4.78 is 0.833. The van der Waals surface area contributed by atoms with Gasteiger partial charge in [0.1, 0.15) is 16.7 Å². The van der Waals surface area contributed by atoms with Crippen molar-refractivity contribution in [1.29, 1.82) is 0 Å². The molecule has 15 heavy (non-hydrogen) atoms. The number of hydrogen-bond acceptors (Lipinski definition) is 4. The van der Waals surface area contributed by atoms with Gasteiger partial charge in [-0.3, -0.25) is 0 Å². The Morgan fingerprint density at radius 3 is 3.00 bits per heavy atom. The van der Waals surface area contributed by atoms with Crippen LogP contribution in [0.25, 0.3) is 0 Å². The smallest absolute Gasteiger partial charge is 0.130 e. The summed E-state index contributed by atoms with van der Waals surface area (Å²) in [7, 11) is 0. The van der Waals surface area contributed by atoms with E-state index in [9.17, 15) is 0 Å². The number of nitrogens with zero attached hydrogens (tertiary/aromatic N) is 2. The Kier molecular flexibility index (Phi) is 3.86. The zero-order valence-corrected chi connectivity index (χ0v) is 11.0. The second kappa shape index (κ2) is 5.16. The van der Waals surface area contributed by atoms with Gasteiger partial charge in [-0.05, 0) is 41.4 Å². The molecule has 0 aromatic carbocycles. The molecule has 0 amide bonds. The number of hydrogen-bond donors (Lipinski definition) is 1. The number of rotatable bonds is 3. The van der Waals surface area contributed by atoms with Crippen LogP contribution in [0.1, 0.15) is 19.3 Å². The maximum Gasteiger partial charge on any atom is 0.130 e. The molecule has 1 aromatic rings. The summed E-state index contributed by atoms with van der Waals surface area (Å²) in [5.41, 5.74) is 0. The quantitative estimate of drug-likeness (QED) is 0.868. The first-order valence-electron chi connectivity index (χ1n) is 5.05. The average Bonchev–Trinajstić information content (AvgIpc) is 2.65. The molecular weight excluding hydrogens is 274 g/mol. The first-order valence-corrected chi connectivity index (χ1v) is 7.13. The van der Waals surface area contributed by atoms with Crippen molar-refractivity contribution >= 4 is 33.5 Å². The van der Waals surface area contributed by atoms with E-state index < -0.39 is 0 Å². The molecule has 1 saturated carbocycles. The number of anilines is 1. The fourth-order valence-electron chi connectivity index (χ4n) is 1.91. The normalized spacial score (nSPS) is 25.5. The first-order chi connectivity index (χ1) is 7.28. The molecule has 2 atom stereocenters. The van der Waals surface area contributed by atoms with E-state index >= 15 is 0 Å². The minimum Gasteiger partial charge on any atom is -0.367 e. The van der Waals surface area contributed by atoms with Crippen molar-refractivity contribution in [1.82, 2.24) is 9.97 Å². The van der Waals surface area contributed by atoms with E-state index in [0.29, 0.717) is 6.04 Å². The molecule has 2 unspecified atom stereocenters. The molecule has 1 aliphatic carbocycles. The van der Waals surface area contributed by atoms with Gasteiger partial charge in [-0.25, -0.2) is 9.97 Å². The van der Waals surface area contributed by atoms with Crippen LogP contribution < -0.4 is 5.32 Å². The Morgan fingerprint density at radius 1 is 1.47 bits per heavy atom. The van der Waals surface area contributed by atoms with Gasteiger partial charge in [-0.1, -0.05) is 0 Å². The molecule has 1 fully saturated rings. The van der Waals surface area contributed by atoms with Gasteiger partial charge < -0.3 is 5.32 Å². The van der Waals surface area contributed by atoms with Gasteiger partial charge in [0.25, 0.3) is 0 Å². The summed E-state index contributed by atoms with van der Waals surface area (Å²) in [5.74, 6) is 0.920. The molecule has 2 rings (SSSR count). The first kappa shape index (κ1) is 11.2. The minimum atomic E-state index is 0.573. The number of nitrogens with one attached hydrogen (secondary N) is 1. The maximum absolute atomic E-state index is 4.19. The zero-order valence-electron chi connectivity index (χ0n) is 8.61. The van der Waals surface area contributed by atoms with Crippen LogP contribution in [-0.4, -0.2) is 27.5 Å². The molecule has 5 heteroatoms. The van der Waals surface area contributed by atoms with E-state index in [1.54, 1.807) is 6.33 Å². The van der Waals surface area contributed by atoms with Crippen LogP contribution >= 0.6 is 27.7 Å². The van der Waals surface area contributed by atoms with E-state index in [1.165, 1.54) is 19.3 Å². The highest BCUT2D eigenvalue weighted by Gasteiger charge is 2.23. The molecular formula is C10H14BrN3S. The standard InChI is InChI=1S/C10H14BrN3S/c1-15-8-3-2-7(4-8)14-10-5-9(11)12-6-13-10/h5-8H,2-4H2,1H3,(H,12,13,14). The summed E-state index contributed by atoms with van der Waals surface area (Å²) >= 11 is 5.31. The predicted molar refractivity (Wildman–Crippen MR) is 68.3 cm³/mol. The van der Waals surface area contributed by atoms with Crippen molar-refractivity contribution in [2.75, 3.05) is 11.6 Å². The second-order valence-electron chi connectivity index (χ2n) is 3.74. The molecule has 1 aromatic heterocycles. The molecule has 0 radical (unpaired) electrons. The highest BCUT2D eigenvalue weighted by molar-refractivity contribution is 9.10. The van der Waals surface area contributed by atoms with Gasteiger partial charge in [-0.15, -0.1) is 0 Å². The van der Waals surface area contributed by atoms with Crippen LogP contribution in [-0.2, 0) is 0 Å². The van der Waals surface area contributed by atoms with Crippen molar-refractivity contribution in [3.05, 3.63) is 17.0 Å². The summed E-state index contributed by atoms with van der Waals surface area (Å²) in [6, 6.07) is 2.50. The SMILES string of the molecule is CSC1CCC(Nc2cc(Br)ncn2)C1. The lowest BCUT2D eigenvalue weighted by atomic mass is 10.2. The summed E-state index contributed by atoms with van der Waals surface area (Å²) in [5, 5.41) is 4.26. The molecule has 82 valence electrons. The van der Waals surface area contributed by atoms with Crippen molar-refractivity contribution in [3.8, 4) is 0 Å². The molecule has 0 bridgehead atoms. The lowest BCUT2D eigenvalue weighted by Gasteiger charge is -2.13. The highest BCUT2D eigenvalue weighted by Crippen LogP contribution is 2.29. The Balaban J connectivity index is 1.92. The average molecular weight is 288 g/mol. The van der Waals surface area contributed by atoms with E-state index in [1.807, 2.05) is 17.8 Å². The van der Waals surface area contributed by atoms with Crippen LogP contribution in [0.3, 0.4) is 0 Å².